The van der Waals surface area contributed by atoms with Gasteiger partial charge < -0.3 is 10.1 Å². The van der Waals surface area contributed by atoms with E-state index in [4.69, 9.17) is 4.74 Å². The third kappa shape index (κ3) is 4.60. The number of rotatable bonds is 6. The Morgan fingerprint density at radius 3 is 2.40 bits per heavy atom. The Labute approximate surface area is 143 Å². The van der Waals surface area contributed by atoms with Crippen LogP contribution in [-0.2, 0) is 11.3 Å². The zero-order valence-corrected chi connectivity index (χ0v) is 13.5. The summed E-state index contributed by atoms with van der Waals surface area (Å²) in [5, 5.41) is 13.8. The molecule has 1 N–H and O–H groups in total. The van der Waals surface area contributed by atoms with Gasteiger partial charge in [0.15, 0.2) is 6.33 Å². The highest BCUT2D eigenvalue weighted by Gasteiger charge is 2.11. The monoisotopic (exact) mass is 341 g/mol. The molecule has 0 spiro atoms. The highest BCUT2D eigenvalue weighted by Crippen LogP contribution is 2.23. The van der Waals surface area contributed by atoms with Gasteiger partial charge in [0.25, 0.3) is 0 Å². The number of aromatic nitrogens is 4. The van der Waals surface area contributed by atoms with Gasteiger partial charge in [-0.15, -0.1) is 10.2 Å². The summed E-state index contributed by atoms with van der Waals surface area (Å²) < 4.78 is 18.5. The van der Waals surface area contributed by atoms with Crippen molar-refractivity contribution in [3.63, 3.8) is 0 Å². The Morgan fingerprint density at radius 1 is 1.16 bits per heavy atom. The Bertz CT molecular complexity index is 819. The van der Waals surface area contributed by atoms with E-state index in [9.17, 15) is 9.18 Å². The molecule has 25 heavy (non-hydrogen) atoms. The highest BCUT2D eigenvalue weighted by molar-refractivity contribution is 5.75. The van der Waals surface area contributed by atoms with Gasteiger partial charge in [-0.05, 0) is 54.1 Å². The smallest absolute Gasteiger partial charge is 0.244 e. The third-order valence-corrected chi connectivity index (χ3v) is 3.48. The summed E-state index contributed by atoms with van der Waals surface area (Å²) >= 11 is 0. The molecule has 0 aliphatic heterocycles. The summed E-state index contributed by atoms with van der Waals surface area (Å²) in [7, 11) is 0. The van der Waals surface area contributed by atoms with E-state index in [1.807, 2.05) is 19.1 Å². The number of hydrogen-bond acceptors (Lipinski definition) is 5. The van der Waals surface area contributed by atoms with Gasteiger partial charge in [0.2, 0.25) is 5.91 Å². The lowest BCUT2D eigenvalue weighted by Crippen LogP contribution is -2.30. The molecule has 3 aromatic rings. The standard InChI is InChI=1S/C17H16FN5O2/c1-12(21-17(24)10-23-20-11-19-22-23)13-2-6-15(7-3-13)25-16-8-4-14(18)5-9-16/h2-9,11-12H,10H2,1H3,(H,21,24). The van der Waals surface area contributed by atoms with E-state index in [2.05, 4.69) is 20.7 Å². The highest BCUT2D eigenvalue weighted by atomic mass is 19.1. The van der Waals surface area contributed by atoms with Crippen molar-refractivity contribution >= 4 is 5.91 Å². The van der Waals surface area contributed by atoms with Crippen LogP contribution in [0, 0.1) is 5.82 Å². The molecule has 1 heterocycles. The van der Waals surface area contributed by atoms with Gasteiger partial charge in [0.05, 0.1) is 6.04 Å². The van der Waals surface area contributed by atoms with Gasteiger partial charge >= 0.3 is 0 Å². The maximum Gasteiger partial charge on any atom is 0.244 e. The minimum absolute atomic E-state index is 0.0100. The normalized spacial score (nSPS) is 11.8. The molecule has 1 atom stereocenters. The SMILES string of the molecule is CC(NC(=O)Cn1ncnn1)c1ccc(Oc2ccc(F)cc2)cc1. The second-order valence-corrected chi connectivity index (χ2v) is 5.38. The van der Waals surface area contributed by atoms with Crippen LogP contribution in [0.3, 0.4) is 0 Å². The molecule has 7 nitrogen and oxygen atoms in total. The first kappa shape index (κ1) is 16.6. The number of benzene rings is 2. The molecule has 0 fully saturated rings. The van der Waals surface area contributed by atoms with E-state index in [0.717, 1.165) is 5.56 Å². The molecule has 0 radical (unpaired) electrons. The molecule has 0 saturated carbocycles. The van der Waals surface area contributed by atoms with Crippen LogP contribution in [0.4, 0.5) is 4.39 Å². The van der Waals surface area contributed by atoms with Crippen LogP contribution in [0.15, 0.2) is 54.9 Å². The molecule has 0 bridgehead atoms. The Hall–Kier alpha value is -3.29. The Morgan fingerprint density at radius 2 is 1.80 bits per heavy atom. The van der Waals surface area contributed by atoms with Crippen molar-refractivity contribution < 1.29 is 13.9 Å². The molecular formula is C17H16FN5O2. The molecule has 0 aliphatic rings. The van der Waals surface area contributed by atoms with E-state index in [1.165, 1.54) is 23.3 Å². The van der Waals surface area contributed by atoms with Crippen LogP contribution in [0.2, 0.25) is 0 Å². The van der Waals surface area contributed by atoms with Crippen LogP contribution in [-0.4, -0.2) is 26.1 Å². The molecule has 8 heteroatoms. The molecule has 1 amide bonds. The number of amides is 1. The largest absolute Gasteiger partial charge is 0.457 e. The van der Waals surface area contributed by atoms with Crippen LogP contribution in [0.1, 0.15) is 18.5 Å². The van der Waals surface area contributed by atoms with E-state index in [-0.39, 0.29) is 24.3 Å². The van der Waals surface area contributed by atoms with Crippen molar-refractivity contribution in [3.05, 3.63) is 66.2 Å². The first-order valence-corrected chi connectivity index (χ1v) is 7.63. The fourth-order valence-electron chi connectivity index (χ4n) is 2.22. The number of halogens is 1. The summed E-state index contributed by atoms with van der Waals surface area (Å²) in [6, 6.07) is 12.9. The predicted molar refractivity (Wildman–Crippen MR) is 87.3 cm³/mol. The van der Waals surface area contributed by atoms with Crippen LogP contribution < -0.4 is 10.1 Å². The van der Waals surface area contributed by atoms with Gasteiger partial charge in [-0.1, -0.05) is 12.1 Å². The molecule has 0 saturated heterocycles. The first-order chi connectivity index (χ1) is 12.1. The lowest BCUT2D eigenvalue weighted by molar-refractivity contribution is -0.122. The van der Waals surface area contributed by atoms with Gasteiger partial charge in [-0.2, -0.15) is 4.80 Å². The summed E-state index contributed by atoms with van der Waals surface area (Å²) in [6.45, 7) is 1.89. The Kier molecular flexibility index (Phi) is 4.98. The van der Waals surface area contributed by atoms with Gasteiger partial charge in [-0.25, -0.2) is 4.39 Å². The fraction of sp³-hybridized carbons (Fsp3) is 0.176. The molecule has 0 aliphatic carbocycles. The zero-order valence-electron chi connectivity index (χ0n) is 13.5. The quantitative estimate of drug-likeness (QED) is 0.745. The summed E-state index contributed by atoms with van der Waals surface area (Å²) in [4.78, 5) is 13.1. The maximum atomic E-state index is 12.9. The topological polar surface area (TPSA) is 81.9 Å². The molecule has 2 aromatic carbocycles. The van der Waals surface area contributed by atoms with E-state index < -0.39 is 0 Å². The van der Waals surface area contributed by atoms with E-state index >= 15 is 0 Å². The van der Waals surface area contributed by atoms with Crippen molar-refractivity contribution in [2.45, 2.75) is 19.5 Å². The van der Waals surface area contributed by atoms with Crippen molar-refractivity contribution in [2.24, 2.45) is 0 Å². The first-order valence-electron chi connectivity index (χ1n) is 7.63. The van der Waals surface area contributed by atoms with Crippen molar-refractivity contribution in [1.29, 1.82) is 0 Å². The fourth-order valence-corrected chi connectivity index (χ4v) is 2.22. The third-order valence-electron chi connectivity index (χ3n) is 3.48. The van der Waals surface area contributed by atoms with Crippen LogP contribution >= 0.6 is 0 Å². The van der Waals surface area contributed by atoms with Gasteiger partial charge in [0, 0.05) is 0 Å². The van der Waals surface area contributed by atoms with Crippen molar-refractivity contribution in [1.82, 2.24) is 25.5 Å². The minimum atomic E-state index is -0.312. The molecule has 128 valence electrons. The van der Waals surface area contributed by atoms with Crippen LogP contribution in [0.25, 0.3) is 0 Å². The van der Waals surface area contributed by atoms with Crippen molar-refractivity contribution in [3.8, 4) is 11.5 Å². The molecule has 1 aromatic heterocycles. The van der Waals surface area contributed by atoms with E-state index in [1.54, 1.807) is 24.3 Å². The lowest BCUT2D eigenvalue weighted by Gasteiger charge is -2.14. The second-order valence-electron chi connectivity index (χ2n) is 5.38. The second kappa shape index (κ2) is 7.52. The predicted octanol–water partition coefficient (Wildman–Crippen LogP) is 2.48. The Balaban J connectivity index is 1.57. The number of nitrogens with zero attached hydrogens (tertiary/aromatic N) is 4. The van der Waals surface area contributed by atoms with E-state index in [0.29, 0.717) is 11.5 Å². The van der Waals surface area contributed by atoms with Crippen molar-refractivity contribution in [2.75, 3.05) is 0 Å². The lowest BCUT2D eigenvalue weighted by atomic mass is 10.1. The average Bonchev–Trinajstić information content (AvgIpc) is 3.10. The maximum absolute atomic E-state index is 12.9. The number of ether oxygens (including phenoxy) is 1. The summed E-state index contributed by atoms with van der Waals surface area (Å²) in [6.07, 6.45) is 1.27. The molecular weight excluding hydrogens is 325 g/mol. The number of tetrazole rings is 1. The van der Waals surface area contributed by atoms with Gasteiger partial charge in [0.1, 0.15) is 23.9 Å². The number of nitrogens with one attached hydrogen (secondary N) is 1. The molecule has 3 rings (SSSR count). The number of carbonyl (C=O) groups is 1. The number of carbonyl (C=O) groups excluding carboxylic acids is 1. The summed E-state index contributed by atoms with van der Waals surface area (Å²) in [5.41, 5.74) is 0.923. The minimum Gasteiger partial charge on any atom is -0.457 e. The molecule has 1 unspecified atom stereocenters. The van der Waals surface area contributed by atoms with Gasteiger partial charge in [-0.3, -0.25) is 4.79 Å². The summed E-state index contributed by atoms with van der Waals surface area (Å²) in [5.74, 6) is 0.655. The van der Waals surface area contributed by atoms with Crippen LogP contribution in [0.5, 0.6) is 11.5 Å². The zero-order chi connectivity index (χ0) is 17.6. The number of hydrogen-bond donors (Lipinski definition) is 1. The average molecular weight is 341 g/mol.